The molecule has 6 fully saturated rings. The molecule has 0 amide bonds. The molecule has 6 rings (SSSR count). The fraction of sp³-hybridized carbons (Fsp3) is 0.810. The van der Waals surface area contributed by atoms with Crippen LogP contribution in [0, 0.1) is 45.3 Å². The maximum atomic E-state index is 13.4. The molecule has 6 saturated carbocycles. The Morgan fingerprint density at radius 1 is 1.12 bits per heavy atom. The van der Waals surface area contributed by atoms with Crippen molar-refractivity contribution in [2.45, 2.75) is 52.9 Å². The van der Waals surface area contributed by atoms with Gasteiger partial charge >= 0.3 is 0 Å². The molecule has 5 heteroatoms. The monoisotopic (exact) mass is 358 g/mol. The van der Waals surface area contributed by atoms with Gasteiger partial charge in [0, 0.05) is 17.8 Å². The standard InChI is InChI=1S/C21H26O5/c1-18-6-5-14(23)19(2,9-26-10-22)12(18)4-7-21-13(18)8-11-15(16(21)24)20(11,3)17(21)25/h10-13,15H,4-9H2,1-3H3/t11-,12+,13+,15-,18-,19-,20+,21+/m0/s1. The van der Waals surface area contributed by atoms with Gasteiger partial charge in [0.2, 0.25) is 0 Å². The van der Waals surface area contributed by atoms with Crippen LogP contribution in [-0.2, 0) is 23.9 Å². The summed E-state index contributed by atoms with van der Waals surface area (Å²) < 4.78 is 5.06. The SMILES string of the molecule is C[C@]12CCC(=O)[C@@](C)(COC=O)[C@@H]1CC[C@]13C(=O)[C@@H]4[C@H](C[C@@H]12)[C@@]4(C)C3=O. The highest BCUT2D eigenvalue weighted by molar-refractivity contribution is 6.22. The lowest BCUT2D eigenvalue weighted by atomic mass is 9.39. The Balaban J connectivity index is 1.59. The van der Waals surface area contributed by atoms with Gasteiger partial charge in [-0.1, -0.05) is 13.8 Å². The van der Waals surface area contributed by atoms with Crippen molar-refractivity contribution in [1.82, 2.24) is 0 Å². The molecule has 0 heterocycles. The summed E-state index contributed by atoms with van der Waals surface area (Å²) in [4.78, 5) is 50.1. The van der Waals surface area contributed by atoms with Gasteiger partial charge in [0.25, 0.3) is 6.47 Å². The summed E-state index contributed by atoms with van der Waals surface area (Å²) in [5, 5.41) is 0. The van der Waals surface area contributed by atoms with Gasteiger partial charge in [0.05, 0.1) is 10.8 Å². The molecule has 0 radical (unpaired) electrons. The molecule has 0 N–H and O–H groups in total. The van der Waals surface area contributed by atoms with Crippen LogP contribution in [0.25, 0.3) is 0 Å². The molecule has 4 bridgehead atoms. The number of rotatable bonds is 3. The third-order valence-electron chi connectivity index (χ3n) is 9.58. The minimum absolute atomic E-state index is 0.0363. The van der Waals surface area contributed by atoms with E-state index in [4.69, 9.17) is 4.74 Å². The van der Waals surface area contributed by atoms with Crippen LogP contribution >= 0.6 is 0 Å². The maximum absolute atomic E-state index is 13.4. The number of Topliss-reactive ketones (excluding diaryl/α,β-unsaturated/α-hetero) is 3. The minimum Gasteiger partial charge on any atom is -0.467 e. The molecule has 0 aromatic heterocycles. The van der Waals surface area contributed by atoms with Crippen LogP contribution in [0.2, 0.25) is 0 Å². The number of hydrogen-bond acceptors (Lipinski definition) is 5. The van der Waals surface area contributed by atoms with Gasteiger partial charge in [-0.15, -0.1) is 0 Å². The van der Waals surface area contributed by atoms with E-state index in [1.165, 1.54) is 0 Å². The molecule has 6 aliphatic rings. The number of carbonyl (C=O) groups excluding carboxylic acids is 4. The number of carbonyl (C=O) groups is 4. The van der Waals surface area contributed by atoms with E-state index in [0.29, 0.717) is 25.7 Å². The highest BCUT2D eigenvalue weighted by Gasteiger charge is 2.87. The molecule has 5 nitrogen and oxygen atoms in total. The quantitative estimate of drug-likeness (QED) is 0.572. The summed E-state index contributed by atoms with van der Waals surface area (Å²) in [6.45, 7) is 6.61. The van der Waals surface area contributed by atoms with Crippen molar-refractivity contribution >= 4 is 23.8 Å². The lowest BCUT2D eigenvalue weighted by molar-refractivity contribution is -0.187. The molecule has 0 aromatic rings. The number of fused-ring (bicyclic) bond motifs is 1. The van der Waals surface area contributed by atoms with Gasteiger partial charge in [-0.05, 0) is 55.8 Å². The molecular weight excluding hydrogens is 332 g/mol. The van der Waals surface area contributed by atoms with Gasteiger partial charge in [-0.2, -0.15) is 0 Å². The third-order valence-corrected chi connectivity index (χ3v) is 9.58. The average molecular weight is 358 g/mol. The Bertz CT molecular complexity index is 772. The summed E-state index contributed by atoms with van der Waals surface area (Å²) in [6.07, 6.45) is 3.35. The van der Waals surface area contributed by atoms with Crippen molar-refractivity contribution in [3.05, 3.63) is 0 Å². The Morgan fingerprint density at radius 3 is 2.46 bits per heavy atom. The van der Waals surface area contributed by atoms with E-state index in [-0.39, 0.29) is 53.0 Å². The second-order valence-corrected chi connectivity index (χ2v) is 10.2. The van der Waals surface area contributed by atoms with E-state index in [1.54, 1.807) is 0 Å². The molecular formula is C21H26O5. The van der Waals surface area contributed by atoms with Gasteiger partial charge in [-0.3, -0.25) is 19.2 Å². The predicted octanol–water partition coefficient (Wildman–Crippen LogP) is 2.36. The largest absolute Gasteiger partial charge is 0.467 e. The van der Waals surface area contributed by atoms with Crippen molar-refractivity contribution in [3.63, 3.8) is 0 Å². The highest BCUT2D eigenvalue weighted by atomic mass is 16.5. The summed E-state index contributed by atoms with van der Waals surface area (Å²) >= 11 is 0. The molecule has 26 heavy (non-hydrogen) atoms. The summed E-state index contributed by atoms with van der Waals surface area (Å²) in [7, 11) is 0. The molecule has 0 saturated heterocycles. The zero-order valence-corrected chi connectivity index (χ0v) is 15.7. The Hall–Kier alpha value is -1.52. The smallest absolute Gasteiger partial charge is 0.293 e. The highest BCUT2D eigenvalue weighted by Crippen LogP contribution is 2.82. The molecule has 0 unspecified atom stereocenters. The maximum Gasteiger partial charge on any atom is 0.293 e. The molecule has 0 aliphatic heterocycles. The number of ether oxygens (including phenoxy) is 1. The van der Waals surface area contributed by atoms with Crippen LogP contribution in [0.15, 0.2) is 0 Å². The van der Waals surface area contributed by atoms with E-state index in [1.807, 2.05) is 13.8 Å². The Kier molecular flexibility index (Phi) is 2.87. The molecule has 140 valence electrons. The second kappa shape index (κ2) is 4.48. The van der Waals surface area contributed by atoms with E-state index in [9.17, 15) is 19.2 Å². The first-order valence-electron chi connectivity index (χ1n) is 9.87. The van der Waals surface area contributed by atoms with Gasteiger partial charge in [-0.25, -0.2) is 0 Å². The lowest BCUT2D eigenvalue weighted by Crippen LogP contribution is -2.65. The Labute approximate surface area is 153 Å². The van der Waals surface area contributed by atoms with E-state index in [0.717, 1.165) is 12.8 Å². The third kappa shape index (κ3) is 1.42. The molecule has 0 aromatic carbocycles. The fourth-order valence-corrected chi connectivity index (χ4v) is 8.24. The first-order valence-corrected chi connectivity index (χ1v) is 9.87. The predicted molar refractivity (Wildman–Crippen MR) is 90.8 cm³/mol. The number of hydrogen-bond donors (Lipinski definition) is 0. The van der Waals surface area contributed by atoms with Crippen molar-refractivity contribution in [1.29, 1.82) is 0 Å². The van der Waals surface area contributed by atoms with Gasteiger partial charge in [0.1, 0.15) is 12.4 Å². The normalized spacial score (nSPS) is 56.7. The van der Waals surface area contributed by atoms with E-state index >= 15 is 0 Å². The average Bonchev–Trinajstić information content (AvgIpc) is 3.20. The van der Waals surface area contributed by atoms with Crippen LogP contribution in [0.5, 0.6) is 0 Å². The van der Waals surface area contributed by atoms with Crippen LogP contribution in [0.3, 0.4) is 0 Å². The van der Waals surface area contributed by atoms with Crippen molar-refractivity contribution in [3.8, 4) is 0 Å². The summed E-state index contributed by atoms with van der Waals surface area (Å²) in [5.41, 5.74) is -2.14. The summed E-state index contributed by atoms with van der Waals surface area (Å²) in [6, 6.07) is 0. The topological polar surface area (TPSA) is 77.5 Å². The van der Waals surface area contributed by atoms with E-state index in [2.05, 4.69) is 6.92 Å². The second-order valence-electron chi connectivity index (χ2n) is 10.2. The first kappa shape index (κ1) is 16.6. The molecule has 6 aliphatic carbocycles. The number of ketones is 3. The zero-order chi connectivity index (χ0) is 18.7. The van der Waals surface area contributed by atoms with Gasteiger partial charge < -0.3 is 4.74 Å². The first-order chi connectivity index (χ1) is 12.2. The van der Waals surface area contributed by atoms with Crippen LogP contribution in [0.1, 0.15) is 52.9 Å². The minimum atomic E-state index is -0.799. The summed E-state index contributed by atoms with van der Waals surface area (Å²) in [5.74, 6) is 0.802. The van der Waals surface area contributed by atoms with Crippen molar-refractivity contribution < 1.29 is 23.9 Å². The van der Waals surface area contributed by atoms with Crippen molar-refractivity contribution in [2.75, 3.05) is 6.61 Å². The van der Waals surface area contributed by atoms with Gasteiger partial charge in [0.15, 0.2) is 11.6 Å². The van der Waals surface area contributed by atoms with E-state index < -0.39 is 16.2 Å². The lowest BCUT2D eigenvalue weighted by Gasteiger charge is -2.63. The van der Waals surface area contributed by atoms with Crippen molar-refractivity contribution in [2.24, 2.45) is 45.3 Å². The fourth-order valence-electron chi connectivity index (χ4n) is 8.24. The molecule has 1 spiro atoms. The zero-order valence-electron chi connectivity index (χ0n) is 15.7. The van der Waals surface area contributed by atoms with Crippen LogP contribution < -0.4 is 0 Å². The molecule has 8 atom stereocenters. The Morgan fingerprint density at radius 2 is 1.85 bits per heavy atom. The van der Waals surface area contributed by atoms with Crippen LogP contribution in [0.4, 0.5) is 0 Å². The van der Waals surface area contributed by atoms with Crippen LogP contribution in [-0.4, -0.2) is 30.4 Å².